The minimum atomic E-state index is 0.108. The molecule has 0 saturated carbocycles. The Morgan fingerprint density at radius 3 is 2.52 bits per heavy atom. The van der Waals surface area contributed by atoms with Crippen LogP contribution in [0.1, 0.15) is 31.9 Å². The zero-order valence-electron chi connectivity index (χ0n) is 14.0. The lowest BCUT2D eigenvalue weighted by Crippen LogP contribution is -2.28. The Kier molecular flexibility index (Phi) is 3.55. The van der Waals surface area contributed by atoms with Crippen LogP contribution in [0.4, 0.5) is 0 Å². The molecule has 1 heterocycles. The molecule has 23 heavy (non-hydrogen) atoms. The van der Waals surface area contributed by atoms with Gasteiger partial charge in [0.15, 0.2) is 0 Å². The Balaban J connectivity index is 2.00. The summed E-state index contributed by atoms with van der Waals surface area (Å²) < 4.78 is 0.404. The second kappa shape index (κ2) is 5.26. The van der Waals surface area contributed by atoms with Crippen molar-refractivity contribution in [2.75, 3.05) is 0 Å². The maximum Gasteiger partial charge on any atom is 0.0836 e. The monoisotopic (exact) mass is 384 g/mol. The maximum absolute atomic E-state index is 3.73. The van der Waals surface area contributed by atoms with Crippen molar-refractivity contribution in [3.05, 3.63) is 57.5 Å². The molecule has 0 radical (unpaired) electrons. The Hall–Kier alpha value is -0.990. The van der Waals surface area contributed by atoms with Crippen LogP contribution in [-0.4, -0.2) is 4.16 Å². The van der Waals surface area contributed by atoms with Gasteiger partial charge < -0.3 is 0 Å². The minimum Gasteiger partial charge on any atom is -0.106 e. The molecular weight excluding hydrogens is 364 g/mol. The van der Waals surface area contributed by atoms with E-state index in [4.69, 9.17) is 0 Å². The van der Waals surface area contributed by atoms with Crippen LogP contribution in [0.3, 0.4) is 0 Å². The maximum atomic E-state index is 3.73. The molecule has 0 amide bonds. The van der Waals surface area contributed by atoms with Crippen LogP contribution in [-0.2, 0) is 0 Å². The van der Waals surface area contributed by atoms with Gasteiger partial charge in [-0.05, 0) is 52.6 Å². The predicted molar refractivity (Wildman–Crippen MR) is 106 cm³/mol. The highest BCUT2D eigenvalue weighted by Crippen LogP contribution is 2.45. The summed E-state index contributed by atoms with van der Waals surface area (Å²) in [6, 6.07) is 2.42. The smallest absolute Gasteiger partial charge is 0.0836 e. The quantitative estimate of drug-likeness (QED) is 0.650. The summed E-state index contributed by atoms with van der Waals surface area (Å²) in [6.45, 7) is 9.31. The second-order valence-electron chi connectivity index (χ2n) is 7.23. The van der Waals surface area contributed by atoms with Gasteiger partial charge in [-0.3, -0.25) is 0 Å². The van der Waals surface area contributed by atoms with E-state index in [1.54, 1.807) is 0 Å². The van der Waals surface area contributed by atoms with Gasteiger partial charge in [-0.25, -0.2) is 0 Å². The zero-order chi connectivity index (χ0) is 16.4. The predicted octanol–water partition coefficient (Wildman–Crippen LogP) is 4.94. The van der Waals surface area contributed by atoms with E-state index in [-0.39, 0.29) is 5.41 Å². The molecule has 118 valence electrons. The first-order valence-corrected chi connectivity index (χ1v) is 9.94. The summed E-state index contributed by atoms with van der Waals surface area (Å²) in [7, 11) is 0. The topological polar surface area (TPSA) is 0 Å². The summed E-state index contributed by atoms with van der Waals surface area (Å²) in [5.41, 5.74) is 5.89. The zero-order valence-corrected chi connectivity index (χ0v) is 16.4. The van der Waals surface area contributed by atoms with Crippen molar-refractivity contribution < 1.29 is 0 Å². The molecule has 0 bridgehead atoms. The first-order chi connectivity index (χ1) is 10.9. The van der Waals surface area contributed by atoms with Crippen molar-refractivity contribution in [3.8, 4) is 0 Å². The highest BCUT2D eigenvalue weighted by Gasteiger charge is 2.35. The molecule has 0 aromatic heterocycles. The third-order valence-corrected chi connectivity index (χ3v) is 7.20. The number of hydrogen-bond acceptors (Lipinski definition) is 1. The van der Waals surface area contributed by atoms with Crippen LogP contribution in [0.25, 0.3) is 17.7 Å². The first kappa shape index (κ1) is 15.5. The van der Waals surface area contributed by atoms with E-state index in [1.807, 2.05) is 11.8 Å². The fourth-order valence-electron chi connectivity index (χ4n) is 4.24. The molecule has 0 saturated heterocycles. The summed E-state index contributed by atoms with van der Waals surface area (Å²) in [5.74, 6) is 0.475. The lowest BCUT2D eigenvalue weighted by atomic mass is 9.71. The molecule has 0 spiro atoms. The minimum absolute atomic E-state index is 0.108. The number of rotatable bonds is 2. The molecule has 0 N–H and O–H groups in total. The normalized spacial score (nSPS) is 22.4. The van der Waals surface area contributed by atoms with Crippen molar-refractivity contribution in [3.63, 3.8) is 0 Å². The molecule has 0 nitrogen and oxygen atoms in total. The molecule has 2 aliphatic carbocycles. The largest absolute Gasteiger partial charge is 0.106 e. The molecule has 2 heteroatoms. The van der Waals surface area contributed by atoms with Crippen molar-refractivity contribution in [1.29, 1.82) is 0 Å². The van der Waals surface area contributed by atoms with Gasteiger partial charge >= 0.3 is 0 Å². The Morgan fingerprint density at radius 2 is 1.83 bits per heavy atom. The van der Waals surface area contributed by atoms with E-state index in [0.717, 1.165) is 0 Å². The first-order valence-electron chi connectivity index (χ1n) is 8.14. The van der Waals surface area contributed by atoms with Crippen LogP contribution in [0.2, 0.25) is 0 Å². The third kappa shape index (κ3) is 2.26. The lowest BCUT2D eigenvalue weighted by molar-refractivity contribution is 0.421. The van der Waals surface area contributed by atoms with E-state index < -0.39 is 0 Å². The number of halogens is 1. The van der Waals surface area contributed by atoms with Gasteiger partial charge in [0.05, 0.1) is 4.16 Å². The summed E-state index contributed by atoms with van der Waals surface area (Å²) >= 11 is 5.64. The molecular formula is C21H21BrS. The van der Waals surface area contributed by atoms with Crippen molar-refractivity contribution in [2.45, 2.75) is 36.7 Å². The number of thioether (sulfide) groups is 1. The summed E-state index contributed by atoms with van der Waals surface area (Å²) in [4.78, 5) is 1.41. The van der Waals surface area contributed by atoms with E-state index in [9.17, 15) is 0 Å². The summed E-state index contributed by atoms with van der Waals surface area (Å²) in [6.07, 6.45) is 13.7. The van der Waals surface area contributed by atoms with Gasteiger partial charge in [0.1, 0.15) is 0 Å². The molecule has 4 rings (SSSR count). The van der Waals surface area contributed by atoms with Crippen molar-refractivity contribution in [1.82, 2.24) is 0 Å². The fourth-order valence-corrected chi connectivity index (χ4v) is 6.09. The van der Waals surface area contributed by atoms with Gasteiger partial charge in [0.25, 0.3) is 0 Å². The average molecular weight is 385 g/mol. The third-order valence-electron chi connectivity index (χ3n) is 5.43. The van der Waals surface area contributed by atoms with Gasteiger partial charge in [-0.15, -0.1) is 11.8 Å². The molecule has 1 unspecified atom stereocenters. The van der Waals surface area contributed by atoms with Gasteiger partial charge in [0.2, 0.25) is 0 Å². The van der Waals surface area contributed by atoms with Crippen LogP contribution in [0.15, 0.2) is 40.8 Å². The van der Waals surface area contributed by atoms with Crippen LogP contribution < -0.4 is 10.4 Å². The fraction of sp³-hybridized carbons (Fsp3) is 0.333. The Bertz CT molecular complexity index is 900. The number of hydrogen-bond donors (Lipinski definition) is 0. The number of fused-ring (bicyclic) bond motifs is 2. The van der Waals surface area contributed by atoms with E-state index in [2.05, 4.69) is 86.1 Å². The molecule has 3 aliphatic rings. The van der Waals surface area contributed by atoms with Crippen LogP contribution in [0.5, 0.6) is 0 Å². The number of allylic oxidation sites excluding steroid dienone is 5. The molecule has 1 atom stereocenters. The van der Waals surface area contributed by atoms with Crippen LogP contribution >= 0.6 is 27.7 Å². The lowest BCUT2D eigenvalue weighted by Gasteiger charge is -2.32. The molecule has 0 fully saturated rings. The van der Waals surface area contributed by atoms with Crippen molar-refractivity contribution >= 4 is 45.4 Å². The van der Waals surface area contributed by atoms with Crippen LogP contribution in [0, 0.1) is 18.3 Å². The summed E-state index contributed by atoms with van der Waals surface area (Å²) in [5, 5.41) is 2.86. The molecule has 1 aromatic rings. The SMILES string of the molecule is CC1=Cc2c(C)c3c(cc2=C1C(C)(C)C1C=CC=C1)SC(Br)C=3. The highest BCUT2D eigenvalue weighted by molar-refractivity contribution is 9.11. The van der Waals surface area contributed by atoms with E-state index in [0.29, 0.717) is 10.1 Å². The molecule has 1 aromatic carbocycles. The number of benzene rings is 1. The highest BCUT2D eigenvalue weighted by atomic mass is 79.9. The van der Waals surface area contributed by atoms with Gasteiger partial charge in [0, 0.05) is 16.2 Å². The standard InChI is InChI=1S/C21H21BrS/c1-12-9-15-13(2)16-11-19(22)23-18(16)10-17(15)20(12)21(3,4)14-7-5-6-8-14/h5-11,14,19H,1-4H3. The number of alkyl halides is 1. The average Bonchev–Trinajstić information content (AvgIpc) is 3.17. The van der Waals surface area contributed by atoms with E-state index in [1.165, 1.54) is 37.6 Å². The Labute approximate surface area is 150 Å². The second-order valence-corrected chi connectivity index (χ2v) is 10.0. The van der Waals surface area contributed by atoms with Crippen molar-refractivity contribution in [2.24, 2.45) is 11.3 Å². The van der Waals surface area contributed by atoms with E-state index >= 15 is 0 Å². The molecule has 1 aliphatic heterocycles. The Morgan fingerprint density at radius 1 is 1.13 bits per heavy atom. The van der Waals surface area contributed by atoms with Gasteiger partial charge in [-0.1, -0.05) is 66.2 Å². The van der Waals surface area contributed by atoms with Gasteiger partial charge in [-0.2, -0.15) is 0 Å².